The molecule has 0 saturated heterocycles. The fraction of sp³-hybridized carbons (Fsp3) is 0.312. The number of aromatic nitrogens is 2. The molecule has 1 N–H and O–H groups in total. The minimum atomic E-state index is -0.456. The normalized spacial score (nSPS) is 17.2. The van der Waals surface area contributed by atoms with E-state index in [1.54, 1.807) is 12.4 Å². The molecule has 108 valence electrons. The number of hydrogen-bond donors (Lipinski definition) is 1. The van der Waals surface area contributed by atoms with Gasteiger partial charge in [-0.25, -0.2) is 14.8 Å². The number of hydrogen-bond acceptors (Lipinski definition) is 5. The molecule has 5 heteroatoms. The summed E-state index contributed by atoms with van der Waals surface area (Å²) in [6.07, 6.45) is 5.93. The summed E-state index contributed by atoms with van der Waals surface area (Å²) in [7, 11) is 0. The predicted octanol–water partition coefficient (Wildman–Crippen LogP) is 2.65. The van der Waals surface area contributed by atoms with Gasteiger partial charge in [-0.05, 0) is 30.5 Å². The van der Waals surface area contributed by atoms with Crippen LogP contribution in [0.1, 0.15) is 34.8 Å². The van der Waals surface area contributed by atoms with E-state index >= 15 is 0 Å². The largest absolute Gasteiger partial charge is 0.506 e. The molecule has 3 rings (SSSR count). The lowest BCUT2D eigenvalue weighted by Crippen LogP contribution is -2.28. The highest BCUT2D eigenvalue weighted by Crippen LogP contribution is 2.39. The molecular formula is C16H16N2O3. The van der Waals surface area contributed by atoms with Crippen molar-refractivity contribution in [3.05, 3.63) is 41.5 Å². The van der Waals surface area contributed by atoms with E-state index in [2.05, 4.69) is 9.97 Å². The Morgan fingerprint density at radius 2 is 2.10 bits per heavy atom. The van der Waals surface area contributed by atoms with Gasteiger partial charge in [0.1, 0.15) is 23.7 Å². The summed E-state index contributed by atoms with van der Waals surface area (Å²) >= 11 is 0. The fourth-order valence-electron chi connectivity index (χ4n) is 2.70. The number of benzene rings is 1. The first kappa shape index (κ1) is 13.5. The van der Waals surface area contributed by atoms with E-state index < -0.39 is 5.97 Å². The van der Waals surface area contributed by atoms with Crippen molar-refractivity contribution >= 4 is 5.97 Å². The molecule has 1 aromatic carbocycles. The smallest absolute Gasteiger partial charge is 0.342 e. The first-order chi connectivity index (χ1) is 10.1. The predicted molar refractivity (Wildman–Crippen MR) is 77.1 cm³/mol. The van der Waals surface area contributed by atoms with E-state index in [-0.39, 0.29) is 17.4 Å². The molecule has 0 aliphatic carbocycles. The standard InChI is InChI=1S/C16H16N2O3/c1-3-11-5-12-9(2)4-13(10-6-17-8-18-7-10)15(19)14(12)16(20)21-11/h4,6-8,11,19H,3,5H2,1-2H3/t11-/m1/s1. The monoisotopic (exact) mass is 284 g/mol. The van der Waals surface area contributed by atoms with Gasteiger partial charge in [-0.3, -0.25) is 0 Å². The number of fused-ring (bicyclic) bond motifs is 1. The summed E-state index contributed by atoms with van der Waals surface area (Å²) in [5, 5.41) is 10.5. The molecule has 0 unspecified atom stereocenters. The molecule has 2 aromatic rings. The topological polar surface area (TPSA) is 72.3 Å². The van der Waals surface area contributed by atoms with Gasteiger partial charge in [-0.15, -0.1) is 0 Å². The minimum Gasteiger partial charge on any atom is -0.506 e. The van der Waals surface area contributed by atoms with Crippen molar-refractivity contribution < 1.29 is 14.6 Å². The van der Waals surface area contributed by atoms with Crippen molar-refractivity contribution in [1.29, 1.82) is 0 Å². The molecule has 1 aliphatic heterocycles. The van der Waals surface area contributed by atoms with E-state index in [4.69, 9.17) is 4.74 Å². The summed E-state index contributed by atoms with van der Waals surface area (Å²) < 4.78 is 5.36. The van der Waals surface area contributed by atoms with Crippen molar-refractivity contribution in [3.63, 3.8) is 0 Å². The van der Waals surface area contributed by atoms with Gasteiger partial charge >= 0.3 is 5.97 Å². The summed E-state index contributed by atoms with van der Waals surface area (Å²) in [5.41, 5.74) is 3.34. The Balaban J connectivity index is 2.19. The molecule has 0 fully saturated rings. The fourth-order valence-corrected chi connectivity index (χ4v) is 2.70. The molecule has 0 spiro atoms. The lowest BCUT2D eigenvalue weighted by Gasteiger charge is -2.26. The molecule has 1 aromatic heterocycles. The average molecular weight is 284 g/mol. The van der Waals surface area contributed by atoms with Gasteiger partial charge in [-0.1, -0.05) is 6.92 Å². The van der Waals surface area contributed by atoms with Crippen molar-refractivity contribution in [2.45, 2.75) is 32.8 Å². The van der Waals surface area contributed by atoms with Crippen LogP contribution in [0.15, 0.2) is 24.8 Å². The first-order valence-corrected chi connectivity index (χ1v) is 6.93. The molecule has 0 radical (unpaired) electrons. The number of nitrogens with zero attached hydrogens (tertiary/aromatic N) is 2. The van der Waals surface area contributed by atoms with Gasteiger partial charge in [0, 0.05) is 29.9 Å². The van der Waals surface area contributed by atoms with E-state index in [0.717, 1.165) is 17.5 Å². The van der Waals surface area contributed by atoms with Crippen LogP contribution in [-0.2, 0) is 11.2 Å². The van der Waals surface area contributed by atoms with Gasteiger partial charge in [0.2, 0.25) is 0 Å². The first-order valence-electron chi connectivity index (χ1n) is 6.93. The van der Waals surface area contributed by atoms with Crippen LogP contribution < -0.4 is 0 Å². The van der Waals surface area contributed by atoms with Crippen LogP contribution in [0.2, 0.25) is 0 Å². The lowest BCUT2D eigenvalue weighted by atomic mass is 9.89. The SMILES string of the molecule is CC[C@@H]1Cc2c(C)cc(-c3cncnc3)c(O)c2C(=O)O1. The number of phenols is 1. The number of aryl methyl sites for hydroxylation is 1. The van der Waals surface area contributed by atoms with Gasteiger partial charge < -0.3 is 9.84 Å². The van der Waals surface area contributed by atoms with Crippen LogP contribution in [0.4, 0.5) is 0 Å². The Labute approximate surface area is 122 Å². The third-order valence-corrected chi connectivity index (χ3v) is 3.87. The molecule has 0 amide bonds. The number of carbonyl (C=O) groups excluding carboxylic acids is 1. The average Bonchev–Trinajstić information content (AvgIpc) is 2.51. The van der Waals surface area contributed by atoms with E-state index in [9.17, 15) is 9.90 Å². The quantitative estimate of drug-likeness (QED) is 0.858. The van der Waals surface area contributed by atoms with Crippen LogP contribution in [0, 0.1) is 6.92 Å². The molecule has 5 nitrogen and oxygen atoms in total. The maximum atomic E-state index is 12.2. The molecule has 1 atom stereocenters. The van der Waals surface area contributed by atoms with Gasteiger partial charge in [0.25, 0.3) is 0 Å². The van der Waals surface area contributed by atoms with Gasteiger partial charge in [0.05, 0.1) is 0 Å². The lowest BCUT2D eigenvalue weighted by molar-refractivity contribution is 0.0244. The molecule has 2 heterocycles. The zero-order valence-corrected chi connectivity index (χ0v) is 12.0. The number of cyclic esters (lactones) is 1. The third kappa shape index (κ3) is 2.24. The Morgan fingerprint density at radius 1 is 1.38 bits per heavy atom. The van der Waals surface area contributed by atoms with E-state index in [0.29, 0.717) is 17.5 Å². The Hall–Kier alpha value is -2.43. The second kappa shape index (κ2) is 5.16. The summed E-state index contributed by atoms with van der Waals surface area (Å²) in [4.78, 5) is 20.1. The van der Waals surface area contributed by atoms with Crippen molar-refractivity contribution in [2.24, 2.45) is 0 Å². The highest BCUT2D eigenvalue weighted by molar-refractivity contribution is 5.98. The number of rotatable bonds is 2. The zero-order valence-electron chi connectivity index (χ0n) is 12.0. The number of phenolic OH excluding ortho intramolecular Hbond substituents is 1. The number of aromatic hydroxyl groups is 1. The maximum absolute atomic E-state index is 12.2. The van der Waals surface area contributed by atoms with Crippen LogP contribution in [0.5, 0.6) is 5.75 Å². The van der Waals surface area contributed by atoms with Crippen molar-refractivity contribution in [3.8, 4) is 16.9 Å². The van der Waals surface area contributed by atoms with E-state index in [1.807, 2.05) is 19.9 Å². The van der Waals surface area contributed by atoms with Gasteiger partial charge in [-0.2, -0.15) is 0 Å². The summed E-state index contributed by atoms with van der Waals surface area (Å²) in [5.74, 6) is -0.507. The third-order valence-electron chi connectivity index (χ3n) is 3.87. The van der Waals surface area contributed by atoms with Gasteiger partial charge in [0.15, 0.2) is 0 Å². The van der Waals surface area contributed by atoms with Crippen LogP contribution in [0.25, 0.3) is 11.1 Å². The molecule has 1 aliphatic rings. The zero-order chi connectivity index (χ0) is 15.0. The molecular weight excluding hydrogens is 268 g/mol. The summed E-state index contributed by atoms with van der Waals surface area (Å²) in [6, 6.07) is 1.87. The number of carbonyl (C=O) groups is 1. The Kier molecular flexibility index (Phi) is 3.33. The minimum absolute atomic E-state index is 0.0510. The Bertz CT molecular complexity index is 698. The second-order valence-electron chi connectivity index (χ2n) is 5.21. The highest BCUT2D eigenvalue weighted by atomic mass is 16.5. The molecule has 0 saturated carbocycles. The van der Waals surface area contributed by atoms with E-state index in [1.165, 1.54) is 6.33 Å². The number of ether oxygens (including phenoxy) is 1. The molecule has 21 heavy (non-hydrogen) atoms. The van der Waals surface area contributed by atoms with Crippen molar-refractivity contribution in [1.82, 2.24) is 9.97 Å². The summed E-state index contributed by atoms with van der Waals surface area (Å²) in [6.45, 7) is 3.92. The second-order valence-corrected chi connectivity index (χ2v) is 5.21. The van der Waals surface area contributed by atoms with Crippen LogP contribution in [-0.4, -0.2) is 27.1 Å². The van der Waals surface area contributed by atoms with Crippen molar-refractivity contribution in [2.75, 3.05) is 0 Å². The Morgan fingerprint density at radius 3 is 2.76 bits per heavy atom. The number of esters is 1. The highest BCUT2D eigenvalue weighted by Gasteiger charge is 2.31. The van der Waals surface area contributed by atoms with Crippen LogP contribution in [0.3, 0.4) is 0 Å². The molecule has 0 bridgehead atoms. The van der Waals surface area contributed by atoms with Crippen LogP contribution >= 0.6 is 0 Å². The maximum Gasteiger partial charge on any atom is 0.342 e.